The molecule has 0 saturated carbocycles. The van der Waals surface area contributed by atoms with Crippen molar-refractivity contribution >= 4 is 28.7 Å². The molecule has 0 radical (unpaired) electrons. The summed E-state index contributed by atoms with van der Waals surface area (Å²) in [5, 5.41) is 20.2. The summed E-state index contributed by atoms with van der Waals surface area (Å²) in [5.74, 6) is 0.862. The third-order valence-corrected chi connectivity index (χ3v) is 3.99. The lowest BCUT2D eigenvalue weighted by molar-refractivity contribution is -0.0288. The molecule has 1 aliphatic heterocycles. The van der Waals surface area contributed by atoms with Crippen LogP contribution in [-0.2, 0) is 4.74 Å². The number of thioether (sulfide) groups is 1. The van der Waals surface area contributed by atoms with Crippen LogP contribution in [0.3, 0.4) is 0 Å². The monoisotopic (exact) mass is 303 g/mol. The minimum absolute atomic E-state index is 0.266. The van der Waals surface area contributed by atoms with Crippen molar-refractivity contribution in [2.75, 3.05) is 17.7 Å². The summed E-state index contributed by atoms with van der Waals surface area (Å²) in [7, 11) is 0. The van der Waals surface area contributed by atoms with Gasteiger partial charge in [-0.15, -0.1) is 0 Å². The number of ether oxygens (including phenoxy) is 1. The first-order chi connectivity index (χ1) is 9.63. The Bertz CT molecular complexity index is 621. The molecule has 1 fully saturated rings. The Kier molecular flexibility index (Phi) is 3.50. The number of hydrogen-bond donors (Lipinski definition) is 3. The zero-order chi connectivity index (χ0) is 14.3. The zero-order valence-corrected chi connectivity index (χ0v) is 11.6. The molecule has 108 valence electrons. The molecule has 0 spiro atoms. The number of hydrogen-bond acceptors (Lipinski definition) is 8. The number of aliphatic hydroxyl groups excluding tert-OH is 2. The van der Waals surface area contributed by atoms with Crippen LogP contribution in [0.1, 0.15) is 6.23 Å². The molecular formula is C11H15N5O3S. The first-order valence-corrected chi connectivity index (χ1v) is 7.46. The van der Waals surface area contributed by atoms with Crippen molar-refractivity contribution in [3.63, 3.8) is 0 Å². The summed E-state index contributed by atoms with van der Waals surface area (Å²) in [6.07, 6.45) is 1.58. The number of nitrogen functional groups attached to an aromatic ring is 1. The SMILES string of the molecule is [13CH3]S[13CH2][13C@H]1O[13C@@H](n2cnc3c(N)ncnc32)[13C@H](O)[13C@@H]1O. The van der Waals surface area contributed by atoms with Crippen molar-refractivity contribution in [3.8, 4) is 0 Å². The molecule has 3 heterocycles. The lowest BCUT2D eigenvalue weighted by Gasteiger charge is -2.16. The van der Waals surface area contributed by atoms with E-state index >= 15 is 0 Å². The van der Waals surface area contributed by atoms with E-state index in [4.69, 9.17) is 10.5 Å². The number of imidazole rings is 1. The van der Waals surface area contributed by atoms with Crippen molar-refractivity contribution in [2.45, 2.75) is 24.5 Å². The van der Waals surface area contributed by atoms with Crippen LogP contribution in [0.4, 0.5) is 5.82 Å². The molecule has 8 nitrogen and oxygen atoms in total. The average Bonchev–Trinajstić information content (AvgIpc) is 2.97. The number of fused-ring (bicyclic) bond motifs is 1. The topological polar surface area (TPSA) is 119 Å². The minimum atomic E-state index is -1.04. The summed E-state index contributed by atoms with van der Waals surface area (Å²) in [4.78, 5) is 12.1. The lowest BCUT2D eigenvalue weighted by Crippen LogP contribution is -2.32. The van der Waals surface area contributed by atoms with E-state index < -0.39 is 24.5 Å². The molecular weight excluding hydrogens is 288 g/mol. The molecule has 0 unspecified atom stereocenters. The highest BCUT2D eigenvalue weighted by atomic mass is 32.2. The van der Waals surface area contributed by atoms with Crippen LogP contribution in [0.2, 0.25) is 0 Å². The highest BCUT2D eigenvalue weighted by Crippen LogP contribution is 2.32. The molecule has 20 heavy (non-hydrogen) atoms. The Hall–Kier alpha value is -1.42. The largest absolute Gasteiger partial charge is 0.387 e. The molecule has 4 atom stereocenters. The van der Waals surface area contributed by atoms with Gasteiger partial charge in [-0.3, -0.25) is 4.57 Å². The van der Waals surface area contributed by atoms with Gasteiger partial charge < -0.3 is 20.7 Å². The van der Waals surface area contributed by atoms with E-state index in [-0.39, 0.29) is 5.82 Å². The van der Waals surface area contributed by atoms with E-state index in [0.717, 1.165) is 0 Å². The van der Waals surface area contributed by atoms with E-state index in [1.807, 2.05) is 6.26 Å². The normalized spacial score (nSPS) is 30.1. The molecule has 1 aliphatic rings. The third kappa shape index (κ3) is 2.03. The van der Waals surface area contributed by atoms with Gasteiger partial charge in [-0.05, 0) is 6.26 Å². The smallest absolute Gasteiger partial charge is 0.167 e. The van der Waals surface area contributed by atoms with E-state index in [1.165, 1.54) is 12.7 Å². The van der Waals surface area contributed by atoms with Crippen LogP contribution in [0.5, 0.6) is 0 Å². The second-order valence-electron chi connectivity index (χ2n) is 4.58. The van der Waals surface area contributed by atoms with Crippen molar-refractivity contribution in [1.82, 2.24) is 19.5 Å². The summed E-state index contributed by atoms with van der Waals surface area (Å²) in [5.41, 5.74) is 6.64. The Morgan fingerprint density at radius 3 is 2.90 bits per heavy atom. The van der Waals surface area contributed by atoms with Gasteiger partial charge >= 0.3 is 0 Å². The van der Waals surface area contributed by atoms with Gasteiger partial charge in [-0.2, -0.15) is 11.8 Å². The van der Waals surface area contributed by atoms with Gasteiger partial charge in [-0.1, -0.05) is 0 Å². The third-order valence-electron chi connectivity index (χ3n) is 3.33. The van der Waals surface area contributed by atoms with Crippen molar-refractivity contribution in [1.29, 1.82) is 0 Å². The molecule has 0 amide bonds. The molecule has 2 aromatic rings. The molecule has 9 heteroatoms. The average molecular weight is 303 g/mol. The lowest BCUT2D eigenvalue weighted by atomic mass is 10.5. The van der Waals surface area contributed by atoms with Gasteiger partial charge in [0.05, 0.1) is 12.4 Å². The fourth-order valence-electron chi connectivity index (χ4n) is 2.32. The van der Waals surface area contributed by atoms with Crippen LogP contribution in [-0.4, -0.2) is 60.1 Å². The maximum absolute atomic E-state index is 10.1. The maximum atomic E-state index is 10.1. The number of anilines is 1. The van der Waals surface area contributed by atoms with Gasteiger partial charge in [0.1, 0.15) is 24.1 Å². The number of aromatic nitrogens is 4. The standard InChI is InChI=1S/C11H15N5O3S/c1-20-2-5-7(17)8(18)11(19-5)16-4-15-6-9(12)13-3-14-10(6)16/h3-5,7-8,11,17-18H,2H2,1H3,(H2,12,13,14)/t5-,7-,8-,11-/m1/s1/i1+1,2+1,5+1,7+1,8+1,11+1. The first kappa shape index (κ1) is 13.6. The summed E-state index contributed by atoms with van der Waals surface area (Å²) < 4.78 is 7.29. The van der Waals surface area contributed by atoms with Crippen LogP contribution in [0.25, 0.3) is 11.2 Å². The van der Waals surface area contributed by atoms with Crippen LogP contribution < -0.4 is 5.73 Å². The van der Waals surface area contributed by atoms with E-state index in [9.17, 15) is 10.2 Å². The fourth-order valence-corrected chi connectivity index (χ4v) is 2.92. The van der Waals surface area contributed by atoms with Gasteiger partial charge in [0.15, 0.2) is 17.7 Å². The van der Waals surface area contributed by atoms with Crippen LogP contribution in [0, 0.1) is 0 Å². The van der Waals surface area contributed by atoms with E-state index in [0.29, 0.717) is 16.9 Å². The van der Waals surface area contributed by atoms with Gasteiger partial charge in [0.2, 0.25) is 0 Å². The van der Waals surface area contributed by atoms with Crippen molar-refractivity contribution in [3.05, 3.63) is 12.7 Å². The first-order valence-electron chi connectivity index (χ1n) is 6.07. The van der Waals surface area contributed by atoms with Crippen LogP contribution in [0.15, 0.2) is 12.7 Å². The highest BCUT2D eigenvalue weighted by molar-refractivity contribution is 7.98. The molecule has 1 saturated heterocycles. The maximum Gasteiger partial charge on any atom is 0.167 e. The van der Waals surface area contributed by atoms with Gasteiger partial charge in [-0.25, -0.2) is 15.0 Å². The van der Waals surface area contributed by atoms with Crippen molar-refractivity contribution < 1.29 is 14.9 Å². The Labute approximate surface area is 119 Å². The Morgan fingerprint density at radius 1 is 1.35 bits per heavy atom. The molecule has 0 aromatic carbocycles. The molecule has 4 N–H and O–H groups in total. The molecule has 3 rings (SSSR count). The highest BCUT2D eigenvalue weighted by Gasteiger charge is 2.43. The quantitative estimate of drug-likeness (QED) is 0.642. The fraction of sp³-hybridized carbons (Fsp3) is 0.545. The zero-order valence-electron chi connectivity index (χ0n) is 10.7. The molecule has 0 aliphatic carbocycles. The number of nitrogens with two attached hydrogens (primary N) is 1. The second kappa shape index (κ2) is 5.17. The summed E-state index contributed by atoms with van der Waals surface area (Å²) in [6.45, 7) is 0. The Balaban J connectivity index is 1.97. The second-order valence-corrected chi connectivity index (χ2v) is 5.50. The van der Waals surface area contributed by atoms with Crippen LogP contribution >= 0.6 is 11.8 Å². The predicted molar refractivity (Wildman–Crippen MR) is 74.0 cm³/mol. The predicted octanol–water partition coefficient (Wildman–Crippen LogP) is -0.609. The Morgan fingerprint density at radius 2 is 2.15 bits per heavy atom. The molecule has 0 bridgehead atoms. The van der Waals surface area contributed by atoms with E-state index in [2.05, 4.69) is 15.0 Å². The number of nitrogens with zero attached hydrogens (tertiary/aromatic N) is 4. The van der Waals surface area contributed by atoms with E-state index in [1.54, 1.807) is 16.3 Å². The summed E-state index contributed by atoms with van der Waals surface area (Å²) in [6, 6.07) is 0. The number of aliphatic hydroxyl groups is 2. The van der Waals surface area contributed by atoms with Crippen molar-refractivity contribution in [2.24, 2.45) is 0 Å². The molecule has 2 aromatic heterocycles. The van der Waals surface area contributed by atoms with Gasteiger partial charge in [0, 0.05) is 5.75 Å². The number of rotatable bonds is 3. The summed E-state index contributed by atoms with van der Waals surface area (Å²) >= 11 is 1.54. The minimum Gasteiger partial charge on any atom is -0.387 e. The van der Waals surface area contributed by atoms with Gasteiger partial charge in [0.25, 0.3) is 0 Å².